The average molecular weight is 921 g/mol. The van der Waals surface area contributed by atoms with Gasteiger partial charge in [-0.05, 0) is 200 Å². The van der Waals surface area contributed by atoms with Crippen LogP contribution in [-0.2, 0) is 9.47 Å². The summed E-state index contributed by atoms with van der Waals surface area (Å²) in [5.74, 6) is 6.91. The fraction of sp³-hybridized carbons (Fsp3) is 0.550. The lowest BCUT2D eigenvalue weighted by molar-refractivity contribution is -0.105. The summed E-state index contributed by atoms with van der Waals surface area (Å²) in [6.07, 6.45) is 14.3. The van der Waals surface area contributed by atoms with E-state index in [2.05, 4.69) is 155 Å². The first kappa shape index (κ1) is 56.6. The fourth-order valence-electron chi connectivity index (χ4n) is 7.14. The fourth-order valence-corrected chi connectivity index (χ4v) is 7.14. The molecule has 1 heterocycles. The predicted molar refractivity (Wildman–Crippen MR) is 279 cm³/mol. The van der Waals surface area contributed by atoms with Gasteiger partial charge in [0, 0.05) is 12.8 Å². The number of rotatable bonds is 14. The van der Waals surface area contributed by atoms with Gasteiger partial charge in [0.05, 0.1) is 6.61 Å². The number of benzene rings is 4. The minimum atomic E-state index is -0.668. The maximum atomic E-state index is 11.5. The van der Waals surface area contributed by atoms with Gasteiger partial charge in [0.15, 0.2) is 6.29 Å². The van der Waals surface area contributed by atoms with Crippen molar-refractivity contribution in [3.05, 3.63) is 131 Å². The summed E-state index contributed by atoms with van der Waals surface area (Å²) in [6, 6.07) is 33.0. The van der Waals surface area contributed by atoms with E-state index in [0.29, 0.717) is 29.4 Å². The van der Waals surface area contributed by atoms with Gasteiger partial charge in [-0.1, -0.05) is 104 Å². The highest BCUT2D eigenvalue weighted by Gasteiger charge is 2.19. The van der Waals surface area contributed by atoms with E-state index in [0.717, 1.165) is 55.3 Å². The zero-order valence-electron chi connectivity index (χ0n) is 44.0. The molecule has 0 spiro atoms. The van der Waals surface area contributed by atoms with Gasteiger partial charge in [0.2, 0.25) is 0 Å². The molecule has 2 aliphatic rings. The van der Waals surface area contributed by atoms with E-state index in [1.807, 2.05) is 12.1 Å². The number of allylic oxidation sites excluding steroid dienone is 2. The molecule has 0 aromatic heterocycles. The topological polar surface area (TPSA) is 72.5 Å². The van der Waals surface area contributed by atoms with Crippen molar-refractivity contribution in [3.8, 4) is 23.0 Å². The molecule has 6 rings (SSSR count). The Morgan fingerprint density at radius 3 is 1.36 bits per heavy atom. The molecule has 5 unspecified atom stereocenters. The molecule has 1 fully saturated rings. The zero-order valence-corrected chi connectivity index (χ0v) is 44.0. The van der Waals surface area contributed by atoms with Crippen molar-refractivity contribution >= 4 is 6.16 Å². The lowest BCUT2D eigenvalue weighted by Gasteiger charge is -2.23. The van der Waals surface area contributed by atoms with Gasteiger partial charge in [-0.3, -0.25) is 0 Å². The summed E-state index contributed by atoms with van der Waals surface area (Å²) in [6.45, 7) is 30.2. The molecule has 0 radical (unpaired) electrons. The smallest absolute Gasteiger partial charge is 0.488 e. The molecule has 0 bridgehead atoms. The van der Waals surface area contributed by atoms with Crippen LogP contribution in [0.25, 0.3) is 0 Å². The third kappa shape index (κ3) is 22.7. The third-order valence-corrected chi connectivity index (χ3v) is 12.2. The monoisotopic (exact) mass is 921 g/mol. The molecule has 370 valence electrons. The standard InChI is InChI=1S/C16H22O.C15H22O3.C15H22O2.C14H22O/c1-3-13(2)14-9-11-16(12-10-14)17-15-7-5-4-6-8-15;1-6-11(2)12-7-9-13(10-8-12)17-14(16)18-15(3,4)5;1-3-12(2)13-7-9-14(10-8-13)17-15-6-4-5-11-16-15;1-6-11(2)12-7-9-13(10-8-12)15-14(3,4)5/h7,9-13H,3-6,8H2,1-2H3;7-11H,6H2,1-5H3;7-10,12,15H,3-6,11H2,1-2H3;7-11H,6H2,1-5H3. The van der Waals surface area contributed by atoms with Crippen molar-refractivity contribution in [2.45, 2.75) is 209 Å². The van der Waals surface area contributed by atoms with Gasteiger partial charge in [0.1, 0.15) is 40.0 Å². The number of hydrogen-bond donors (Lipinski definition) is 0. The molecule has 0 saturated carbocycles. The molecular formula is C60H88O7. The van der Waals surface area contributed by atoms with Crippen molar-refractivity contribution in [3.63, 3.8) is 0 Å². The second-order valence-electron chi connectivity index (χ2n) is 20.2. The molecule has 5 atom stereocenters. The Balaban J connectivity index is 0.000000237. The Kier molecular flexibility index (Phi) is 24.7. The van der Waals surface area contributed by atoms with Crippen molar-refractivity contribution < 1.29 is 33.2 Å². The molecule has 7 nitrogen and oxygen atoms in total. The van der Waals surface area contributed by atoms with Crippen LogP contribution in [0.3, 0.4) is 0 Å². The molecule has 0 amide bonds. The van der Waals surface area contributed by atoms with Crippen LogP contribution in [0.15, 0.2) is 109 Å². The molecule has 4 aromatic carbocycles. The summed E-state index contributed by atoms with van der Waals surface area (Å²) < 4.78 is 33.2. The first-order chi connectivity index (χ1) is 31.8. The van der Waals surface area contributed by atoms with Crippen LogP contribution in [0.2, 0.25) is 0 Å². The van der Waals surface area contributed by atoms with Gasteiger partial charge < -0.3 is 28.4 Å². The highest BCUT2D eigenvalue weighted by molar-refractivity contribution is 5.64. The SMILES string of the molecule is CCC(C)c1ccc(OC(=O)OC(C)(C)C)cc1.CCC(C)c1ccc(OC(C)(C)C)cc1.CCC(C)c1ccc(OC2=CCCCC2)cc1.CCC(C)c1ccc(OC2CCCCO2)cc1. The van der Waals surface area contributed by atoms with E-state index in [9.17, 15) is 4.79 Å². The van der Waals surface area contributed by atoms with Crippen molar-refractivity contribution in [2.24, 2.45) is 0 Å². The van der Waals surface area contributed by atoms with E-state index in [1.165, 1.54) is 67.2 Å². The van der Waals surface area contributed by atoms with Crippen LogP contribution >= 0.6 is 0 Å². The maximum absolute atomic E-state index is 11.5. The Morgan fingerprint density at radius 1 is 0.552 bits per heavy atom. The summed E-state index contributed by atoms with van der Waals surface area (Å²) in [5.41, 5.74) is 4.76. The summed E-state index contributed by atoms with van der Waals surface area (Å²) in [7, 11) is 0. The van der Waals surface area contributed by atoms with Gasteiger partial charge >= 0.3 is 6.16 Å². The minimum Gasteiger partial charge on any atom is -0.488 e. The van der Waals surface area contributed by atoms with E-state index >= 15 is 0 Å². The van der Waals surface area contributed by atoms with Gasteiger partial charge in [0.25, 0.3) is 0 Å². The molecule has 67 heavy (non-hydrogen) atoms. The largest absolute Gasteiger partial charge is 0.514 e. The van der Waals surface area contributed by atoms with Crippen LogP contribution < -0.4 is 18.9 Å². The summed E-state index contributed by atoms with van der Waals surface area (Å²) >= 11 is 0. The minimum absolute atomic E-state index is 0.0433. The van der Waals surface area contributed by atoms with Crippen LogP contribution in [0.4, 0.5) is 4.79 Å². The van der Waals surface area contributed by atoms with Crippen LogP contribution in [0.5, 0.6) is 23.0 Å². The second-order valence-corrected chi connectivity index (χ2v) is 20.2. The normalized spacial score (nSPS) is 16.6. The Morgan fingerprint density at radius 2 is 0.985 bits per heavy atom. The number of carbonyl (C=O) groups is 1. The molecule has 1 saturated heterocycles. The lowest BCUT2D eigenvalue weighted by Crippen LogP contribution is -2.25. The van der Waals surface area contributed by atoms with Crippen LogP contribution in [0, 0.1) is 0 Å². The molecule has 1 aliphatic heterocycles. The van der Waals surface area contributed by atoms with E-state index in [4.69, 9.17) is 28.4 Å². The lowest BCUT2D eigenvalue weighted by atomic mass is 9.99. The molecular weight excluding hydrogens is 833 g/mol. The Labute approximate surface area is 407 Å². The van der Waals surface area contributed by atoms with Crippen molar-refractivity contribution in [1.29, 1.82) is 0 Å². The molecule has 1 aliphatic carbocycles. The number of carbonyl (C=O) groups excluding carboxylic acids is 1. The van der Waals surface area contributed by atoms with Crippen LogP contribution in [0.1, 0.15) is 213 Å². The third-order valence-electron chi connectivity index (χ3n) is 12.2. The van der Waals surface area contributed by atoms with E-state index in [-0.39, 0.29) is 11.9 Å². The van der Waals surface area contributed by atoms with Crippen molar-refractivity contribution in [2.75, 3.05) is 6.61 Å². The zero-order chi connectivity index (χ0) is 49.4. The van der Waals surface area contributed by atoms with Crippen LogP contribution in [-0.4, -0.2) is 30.3 Å². The maximum Gasteiger partial charge on any atom is 0.514 e. The van der Waals surface area contributed by atoms with E-state index in [1.54, 1.807) is 32.9 Å². The van der Waals surface area contributed by atoms with E-state index < -0.39 is 11.8 Å². The summed E-state index contributed by atoms with van der Waals surface area (Å²) in [5, 5.41) is 0. The number of ether oxygens (including phenoxy) is 6. The van der Waals surface area contributed by atoms with Crippen molar-refractivity contribution in [1.82, 2.24) is 0 Å². The summed E-state index contributed by atoms with van der Waals surface area (Å²) in [4.78, 5) is 11.5. The predicted octanol–water partition coefficient (Wildman–Crippen LogP) is 18.0. The highest BCUT2D eigenvalue weighted by atomic mass is 16.7. The van der Waals surface area contributed by atoms with Gasteiger partial charge in [-0.25, -0.2) is 4.79 Å². The molecule has 7 heteroatoms. The second kappa shape index (κ2) is 29.2. The average Bonchev–Trinajstić information content (AvgIpc) is 3.31. The Bertz CT molecular complexity index is 1960. The van der Waals surface area contributed by atoms with Gasteiger partial charge in [-0.2, -0.15) is 0 Å². The Hall–Kier alpha value is -4.75. The number of hydrogen-bond acceptors (Lipinski definition) is 7. The first-order valence-electron chi connectivity index (χ1n) is 25.5. The quantitative estimate of drug-likeness (QED) is 0.0921. The molecule has 0 N–H and O–H groups in total. The highest BCUT2D eigenvalue weighted by Crippen LogP contribution is 2.28. The first-order valence-corrected chi connectivity index (χ1v) is 25.5. The van der Waals surface area contributed by atoms with Gasteiger partial charge in [-0.15, -0.1) is 0 Å². The molecule has 4 aromatic rings.